The van der Waals surface area contributed by atoms with Crippen LogP contribution in [0.25, 0.3) is 6.08 Å². The van der Waals surface area contributed by atoms with Crippen LogP contribution >= 0.6 is 0 Å². The number of carbonyl (C=O) groups is 2. The van der Waals surface area contributed by atoms with Crippen molar-refractivity contribution in [3.8, 4) is 6.07 Å². The standard InChI is InChI=1S/C26H33N5O3/c1-17-8-9-24(28-14-17)29-25(32)21-7-6-10-30(15-21)26(33)23(13-27)12-22-11-18(2)31(20(22)4)19(3)16-34-5/h8-9,11-12,14,19,21H,6-7,10,15-16H2,1-5H3,(H,28,29,32)/b23-12-. The number of rotatable bonds is 7. The monoisotopic (exact) mass is 463 g/mol. The highest BCUT2D eigenvalue weighted by Gasteiger charge is 2.30. The molecule has 0 bridgehead atoms. The van der Waals surface area contributed by atoms with Crippen molar-refractivity contribution in [1.29, 1.82) is 5.26 Å². The summed E-state index contributed by atoms with van der Waals surface area (Å²) in [7, 11) is 1.67. The van der Waals surface area contributed by atoms with Gasteiger partial charge in [-0.25, -0.2) is 4.98 Å². The van der Waals surface area contributed by atoms with Crippen molar-refractivity contribution < 1.29 is 14.3 Å². The van der Waals surface area contributed by atoms with E-state index in [4.69, 9.17) is 4.74 Å². The molecule has 0 spiro atoms. The molecule has 8 heteroatoms. The maximum atomic E-state index is 13.2. The number of nitriles is 1. The fourth-order valence-corrected chi connectivity index (χ4v) is 4.56. The average Bonchev–Trinajstić information content (AvgIpc) is 3.11. The molecule has 1 aliphatic heterocycles. The Morgan fingerprint density at radius 1 is 1.35 bits per heavy atom. The molecule has 34 heavy (non-hydrogen) atoms. The quantitative estimate of drug-likeness (QED) is 0.497. The Morgan fingerprint density at radius 2 is 2.12 bits per heavy atom. The molecule has 2 amide bonds. The molecule has 180 valence electrons. The number of aryl methyl sites for hydroxylation is 2. The van der Waals surface area contributed by atoms with Crippen LogP contribution in [0.2, 0.25) is 0 Å². The lowest BCUT2D eigenvalue weighted by Crippen LogP contribution is -2.44. The minimum atomic E-state index is -0.347. The van der Waals surface area contributed by atoms with Crippen LogP contribution in [0.4, 0.5) is 5.82 Å². The summed E-state index contributed by atoms with van der Waals surface area (Å²) >= 11 is 0. The van der Waals surface area contributed by atoms with E-state index in [-0.39, 0.29) is 35.9 Å². The van der Waals surface area contributed by atoms with Crippen molar-refractivity contribution in [3.05, 3.63) is 52.5 Å². The number of amides is 2. The summed E-state index contributed by atoms with van der Waals surface area (Å²) in [4.78, 5) is 31.8. The zero-order valence-corrected chi connectivity index (χ0v) is 20.6. The predicted molar refractivity (Wildman–Crippen MR) is 131 cm³/mol. The number of piperidine rings is 1. The molecule has 2 aromatic heterocycles. The summed E-state index contributed by atoms with van der Waals surface area (Å²) in [6.45, 7) is 9.35. The lowest BCUT2D eigenvalue weighted by Gasteiger charge is -2.31. The van der Waals surface area contributed by atoms with Crippen LogP contribution in [0.3, 0.4) is 0 Å². The van der Waals surface area contributed by atoms with E-state index in [2.05, 4.69) is 27.9 Å². The Kier molecular flexibility index (Phi) is 8.24. The number of nitrogens with one attached hydrogen (secondary N) is 1. The number of aromatic nitrogens is 2. The van der Waals surface area contributed by atoms with Crippen LogP contribution in [0, 0.1) is 38.0 Å². The summed E-state index contributed by atoms with van der Waals surface area (Å²) in [6, 6.07) is 7.84. The largest absolute Gasteiger partial charge is 0.383 e. The fraction of sp³-hybridized carbons (Fsp3) is 0.462. The molecule has 1 aliphatic rings. The summed E-state index contributed by atoms with van der Waals surface area (Å²) in [5, 5.41) is 12.6. The molecular formula is C26H33N5O3. The Labute approximate surface area is 201 Å². The summed E-state index contributed by atoms with van der Waals surface area (Å²) < 4.78 is 7.43. The number of carbonyl (C=O) groups excluding carboxylic acids is 2. The van der Waals surface area contributed by atoms with Gasteiger partial charge < -0.3 is 19.5 Å². The van der Waals surface area contributed by atoms with Gasteiger partial charge in [-0.3, -0.25) is 9.59 Å². The minimum Gasteiger partial charge on any atom is -0.383 e. The fourth-order valence-electron chi connectivity index (χ4n) is 4.56. The summed E-state index contributed by atoms with van der Waals surface area (Å²) in [5.41, 5.74) is 3.93. The Bertz CT molecular complexity index is 1110. The van der Waals surface area contributed by atoms with Crippen LogP contribution in [0.15, 0.2) is 30.0 Å². The molecule has 0 radical (unpaired) electrons. The number of nitrogens with zero attached hydrogens (tertiary/aromatic N) is 4. The molecule has 2 unspecified atom stereocenters. The van der Waals surface area contributed by atoms with E-state index in [0.29, 0.717) is 31.8 Å². The minimum absolute atomic E-state index is 0.0703. The SMILES string of the molecule is COCC(C)n1c(C)cc(/C=C(/C#N)C(=O)N2CCCC(C(=O)Nc3ccc(C)cn3)C2)c1C. The van der Waals surface area contributed by atoms with E-state index in [9.17, 15) is 14.9 Å². The van der Waals surface area contributed by atoms with Gasteiger partial charge >= 0.3 is 0 Å². The van der Waals surface area contributed by atoms with E-state index >= 15 is 0 Å². The molecule has 1 N–H and O–H groups in total. The van der Waals surface area contributed by atoms with Crippen LogP contribution in [-0.2, 0) is 14.3 Å². The van der Waals surface area contributed by atoms with Crippen LogP contribution in [0.5, 0.6) is 0 Å². The topological polar surface area (TPSA) is 100 Å². The van der Waals surface area contributed by atoms with Crippen molar-refractivity contribution in [3.63, 3.8) is 0 Å². The van der Waals surface area contributed by atoms with Crippen LogP contribution < -0.4 is 5.32 Å². The van der Waals surface area contributed by atoms with Gasteiger partial charge in [0, 0.05) is 37.8 Å². The first kappa shape index (κ1) is 25.2. The molecule has 8 nitrogen and oxygen atoms in total. The lowest BCUT2D eigenvalue weighted by atomic mass is 9.96. The molecule has 3 rings (SSSR count). The lowest BCUT2D eigenvalue weighted by molar-refractivity contribution is -0.130. The van der Waals surface area contributed by atoms with Gasteiger partial charge in [0.15, 0.2) is 0 Å². The smallest absolute Gasteiger partial charge is 0.264 e. The number of hydrogen-bond acceptors (Lipinski definition) is 5. The Balaban J connectivity index is 1.74. The van der Waals surface area contributed by atoms with Crippen LogP contribution in [-0.4, -0.2) is 53.1 Å². The molecule has 1 saturated heterocycles. The predicted octanol–water partition coefficient (Wildman–Crippen LogP) is 3.80. The maximum absolute atomic E-state index is 13.2. The zero-order chi connectivity index (χ0) is 24.8. The van der Waals surface area contributed by atoms with E-state index in [1.807, 2.05) is 32.9 Å². The molecule has 2 atom stereocenters. The summed E-state index contributed by atoms with van der Waals surface area (Å²) in [6.07, 6.45) is 4.74. The van der Waals surface area contributed by atoms with Gasteiger partial charge in [0.1, 0.15) is 17.5 Å². The van der Waals surface area contributed by atoms with Gasteiger partial charge in [-0.05, 0) is 69.9 Å². The molecule has 0 aromatic carbocycles. The summed E-state index contributed by atoms with van der Waals surface area (Å²) in [5.74, 6) is -0.356. The number of likely N-dealkylation sites (tertiary alicyclic amines) is 1. The van der Waals surface area contributed by atoms with Crippen LogP contribution in [0.1, 0.15) is 48.3 Å². The molecule has 3 heterocycles. The number of hydrogen-bond donors (Lipinski definition) is 1. The highest BCUT2D eigenvalue weighted by Crippen LogP contribution is 2.25. The van der Waals surface area contributed by atoms with Crippen molar-refractivity contribution in [2.24, 2.45) is 5.92 Å². The maximum Gasteiger partial charge on any atom is 0.264 e. The zero-order valence-electron chi connectivity index (χ0n) is 20.6. The second kappa shape index (κ2) is 11.1. The first-order valence-corrected chi connectivity index (χ1v) is 11.6. The van der Waals surface area contributed by atoms with E-state index in [1.54, 1.807) is 30.3 Å². The number of methoxy groups -OCH3 is 1. The van der Waals surface area contributed by atoms with E-state index in [0.717, 1.165) is 22.5 Å². The van der Waals surface area contributed by atoms with Gasteiger partial charge in [-0.1, -0.05) is 6.07 Å². The molecule has 0 aliphatic carbocycles. The number of ether oxygens (including phenoxy) is 1. The van der Waals surface area contributed by atoms with Gasteiger partial charge in [-0.2, -0.15) is 5.26 Å². The van der Waals surface area contributed by atoms with E-state index < -0.39 is 0 Å². The first-order valence-electron chi connectivity index (χ1n) is 11.6. The van der Waals surface area contributed by atoms with Gasteiger partial charge in [0.25, 0.3) is 5.91 Å². The van der Waals surface area contributed by atoms with Gasteiger partial charge in [0.05, 0.1) is 18.6 Å². The van der Waals surface area contributed by atoms with Crippen molar-refractivity contribution in [2.45, 2.75) is 46.6 Å². The highest BCUT2D eigenvalue weighted by atomic mass is 16.5. The third-order valence-corrected chi connectivity index (χ3v) is 6.26. The van der Waals surface area contributed by atoms with Gasteiger partial charge in [0.2, 0.25) is 5.91 Å². The highest BCUT2D eigenvalue weighted by molar-refractivity contribution is 6.02. The second-order valence-corrected chi connectivity index (χ2v) is 8.97. The molecule has 0 saturated carbocycles. The van der Waals surface area contributed by atoms with Crippen molar-refractivity contribution in [2.75, 3.05) is 32.1 Å². The first-order chi connectivity index (χ1) is 16.2. The van der Waals surface area contributed by atoms with Crippen molar-refractivity contribution in [1.82, 2.24) is 14.5 Å². The number of anilines is 1. The molecule has 1 fully saturated rings. The van der Waals surface area contributed by atoms with E-state index in [1.165, 1.54) is 0 Å². The normalized spacial score (nSPS) is 17.2. The second-order valence-electron chi connectivity index (χ2n) is 8.97. The van der Waals surface area contributed by atoms with Gasteiger partial charge in [-0.15, -0.1) is 0 Å². The Hall–Kier alpha value is -3.44. The molecule has 2 aromatic rings. The van der Waals surface area contributed by atoms with Crippen molar-refractivity contribution >= 4 is 23.7 Å². The molecular weight excluding hydrogens is 430 g/mol. The number of pyridine rings is 1. The third kappa shape index (κ3) is 5.72. The Morgan fingerprint density at radius 3 is 2.76 bits per heavy atom. The third-order valence-electron chi connectivity index (χ3n) is 6.26. The average molecular weight is 464 g/mol.